The van der Waals surface area contributed by atoms with Crippen LogP contribution in [0, 0.1) is 12.3 Å². The normalized spacial score (nSPS) is 12.5. The number of allylic oxidation sites excluding steroid dienone is 2. The van der Waals surface area contributed by atoms with E-state index in [4.69, 9.17) is 6.42 Å². The molecule has 0 fully saturated rings. The second-order valence-corrected chi connectivity index (χ2v) is 1.61. The van der Waals surface area contributed by atoms with Gasteiger partial charge in [0.2, 0.25) is 0 Å². The van der Waals surface area contributed by atoms with E-state index in [1.165, 1.54) is 12.8 Å². The molecule has 0 heterocycles. The zero-order valence-corrected chi connectivity index (χ0v) is 5.35. The van der Waals surface area contributed by atoms with Gasteiger partial charge < -0.3 is 0 Å². The Morgan fingerprint density at radius 3 is 1.75 bits per heavy atom. The van der Waals surface area contributed by atoms with Crippen molar-refractivity contribution in [2.45, 2.75) is 26.2 Å². The van der Waals surface area contributed by atoms with Crippen molar-refractivity contribution in [2.24, 2.45) is 0 Å². The molecule has 0 saturated carbocycles. The SMILES string of the molecule is C#CCC.C1=CCC1. The molecule has 0 saturated heterocycles. The molecule has 0 aliphatic heterocycles. The van der Waals surface area contributed by atoms with Crippen LogP contribution in [0.2, 0.25) is 0 Å². The number of terminal acetylenes is 1. The molecule has 0 bridgehead atoms. The summed E-state index contributed by atoms with van der Waals surface area (Å²) in [6.07, 6.45) is 12.6. The van der Waals surface area contributed by atoms with Gasteiger partial charge in [-0.15, -0.1) is 12.3 Å². The molecule has 0 N–H and O–H groups in total. The van der Waals surface area contributed by atoms with Crippen molar-refractivity contribution in [3.05, 3.63) is 12.2 Å². The third kappa shape index (κ3) is 5.30. The first-order valence-corrected chi connectivity index (χ1v) is 3.00. The molecule has 0 aromatic carbocycles. The summed E-state index contributed by atoms with van der Waals surface area (Å²) < 4.78 is 0. The molecule has 1 aliphatic rings. The van der Waals surface area contributed by atoms with Crippen molar-refractivity contribution in [3.8, 4) is 12.3 Å². The minimum atomic E-state index is 0.847. The lowest BCUT2D eigenvalue weighted by molar-refractivity contribution is 0.962. The van der Waals surface area contributed by atoms with Crippen LogP contribution in [0.4, 0.5) is 0 Å². The first-order valence-electron chi connectivity index (χ1n) is 3.00. The average Bonchev–Trinajstić information content (AvgIpc) is 1.61. The standard InChI is InChI=1S/2C4H6/c1-2-4-3-1;1-3-4-2/h1-2H,3-4H2;1H,4H2,2H3. The largest absolute Gasteiger partial charge is 0.120 e. The highest BCUT2D eigenvalue weighted by Crippen LogP contribution is 2.01. The summed E-state index contributed by atoms with van der Waals surface area (Å²) in [5, 5.41) is 0. The summed E-state index contributed by atoms with van der Waals surface area (Å²) in [6.45, 7) is 1.94. The maximum Gasteiger partial charge on any atom is 0.00576 e. The van der Waals surface area contributed by atoms with Crippen LogP contribution < -0.4 is 0 Å². The monoisotopic (exact) mass is 108 g/mol. The molecule has 1 aliphatic carbocycles. The van der Waals surface area contributed by atoms with E-state index in [1.54, 1.807) is 0 Å². The molecule has 0 atom stereocenters. The zero-order chi connectivity index (χ0) is 6.24. The highest BCUT2D eigenvalue weighted by atomic mass is 13.9. The second kappa shape index (κ2) is 6.30. The number of hydrogen-bond donors (Lipinski definition) is 0. The van der Waals surface area contributed by atoms with Crippen LogP contribution in [0.15, 0.2) is 12.2 Å². The van der Waals surface area contributed by atoms with E-state index >= 15 is 0 Å². The van der Waals surface area contributed by atoms with Gasteiger partial charge in [0.1, 0.15) is 0 Å². The second-order valence-electron chi connectivity index (χ2n) is 1.61. The van der Waals surface area contributed by atoms with Gasteiger partial charge in [-0.2, -0.15) is 0 Å². The predicted molar refractivity (Wildman–Crippen MR) is 37.5 cm³/mol. The van der Waals surface area contributed by atoms with Gasteiger partial charge in [0.15, 0.2) is 0 Å². The first kappa shape index (κ1) is 7.30. The molecule has 0 amide bonds. The molecule has 0 radical (unpaired) electrons. The van der Waals surface area contributed by atoms with E-state index in [0.29, 0.717) is 0 Å². The molecule has 0 unspecified atom stereocenters. The third-order valence-electron chi connectivity index (χ3n) is 0.871. The van der Waals surface area contributed by atoms with Crippen LogP contribution in [0.25, 0.3) is 0 Å². The van der Waals surface area contributed by atoms with E-state index in [0.717, 1.165) is 6.42 Å². The molecule has 0 aromatic rings. The molecule has 1 rings (SSSR count). The summed E-state index contributed by atoms with van der Waals surface area (Å²) in [5.74, 6) is 2.43. The first-order chi connectivity index (χ1) is 3.91. The van der Waals surface area contributed by atoms with Gasteiger partial charge >= 0.3 is 0 Å². The van der Waals surface area contributed by atoms with Crippen LogP contribution in [-0.2, 0) is 0 Å². The summed E-state index contributed by atoms with van der Waals surface area (Å²) in [4.78, 5) is 0. The lowest BCUT2D eigenvalue weighted by Crippen LogP contribution is -1.71. The predicted octanol–water partition coefficient (Wildman–Crippen LogP) is 2.37. The van der Waals surface area contributed by atoms with Crippen LogP contribution in [0.5, 0.6) is 0 Å². The minimum absolute atomic E-state index is 0.847. The van der Waals surface area contributed by atoms with E-state index in [-0.39, 0.29) is 0 Å². The van der Waals surface area contributed by atoms with Gasteiger partial charge in [0, 0.05) is 6.42 Å². The highest BCUT2D eigenvalue weighted by molar-refractivity contribution is 4.92. The maximum atomic E-state index is 4.78. The lowest BCUT2D eigenvalue weighted by Gasteiger charge is -1.92. The Kier molecular flexibility index (Phi) is 5.75. The van der Waals surface area contributed by atoms with Crippen molar-refractivity contribution in [1.82, 2.24) is 0 Å². The summed E-state index contributed by atoms with van der Waals surface area (Å²) in [7, 11) is 0. The number of hydrogen-bond acceptors (Lipinski definition) is 0. The van der Waals surface area contributed by atoms with E-state index < -0.39 is 0 Å². The molecule has 0 heteroatoms. The van der Waals surface area contributed by atoms with Gasteiger partial charge in [-0.05, 0) is 12.8 Å². The fraction of sp³-hybridized carbons (Fsp3) is 0.500. The Labute approximate surface area is 51.6 Å². The van der Waals surface area contributed by atoms with E-state index in [1.807, 2.05) is 6.92 Å². The highest BCUT2D eigenvalue weighted by Gasteiger charge is 1.81. The quantitative estimate of drug-likeness (QED) is 0.330. The lowest BCUT2D eigenvalue weighted by atomic mass is 10.1. The summed E-state index contributed by atoms with van der Waals surface area (Å²) in [6, 6.07) is 0. The molecule has 44 valence electrons. The van der Waals surface area contributed by atoms with Crippen LogP contribution in [-0.4, -0.2) is 0 Å². The Morgan fingerprint density at radius 2 is 1.75 bits per heavy atom. The Bertz CT molecular complexity index is 87.1. The fourth-order valence-electron chi connectivity index (χ4n) is 0.167. The molecular weight excluding hydrogens is 96.1 g/mol. The van der Waals surface area contributed by atoms with Gasteiger partial charge in [-0.1, -0.05) is 19.1 Å². The van der Waals surface area contributed by atoms with Gasteiger partial charge in [0.25, 0.3) is 0 Å². The smallest absolute Gasteiger partial charge is 0.00576 e. The molecular formula is C8H12. The molecule has 0 spiro atoms. The van der Waals surface area contributed by atoms with Crippen LogP contribution >= 0.6 is 0 Å². The third-order valence-corrected chi connectivity index (χ3v) is 0.871. The van der Waals surface area contributed by atoms with Crippen LogP contribution in [0.1, 0.15) is 26.2 Å². The minimum Gasteiger partial charge on any atom is -0.120 e. The number of rotatable bonds is 0. The van der Waals surface area contributed by atoms with Crippen molar-refractivity contribution >= 4 is 0 Å². The molecule has 0 aromatic heterocycles. The van der Waals surface area contributed by atoms with Crippen molar-refractivity contribution in [1.29, 1.82) is 0 Å². The van der Waals surface area contributed by atoms with Gasteiger partial charge in [-0.25, -0.2) is 0 Å². The van der Waals surface area contributed by atoms with E-state index in [2.05, 4.69) is 18.1 Å². The zero-order valence-electron chi connectivity index (χ0n) is 5.35. The molecule has 8 heavy (non-hydrogen) atoms. The Hall–Kier alpha value is -0.700. The van der Waals surface area contributed by atoms with Crippen molar-refractivity contribution in [2.75, 3.05) is 0 Å². The van der Waals surface area contributed by atoms with Gasteiger partial charge in [-0.3, -0.25) is 0 Å². The summed E-state index contributed by atoms with van der Waals surface area (Å²) in [5.41, 5.74) is 0. The van der Waals surface area contributed by atoms with Crippen molar-refractivity contribution < 1.29 is 0 Å². The topological polar surface area (TPSA) is 0 Å². The summed E-state index contributed by atoms with van der Waals surface area (Å²) >= 11 is 0. The van der Waals surface area contributed by atoms with E-state index in [9.17, 15) is 0 Å². The Balaban J connectivity index is 0.000000122. The average molecular weight is 108 g/mol. The van der Waals surface area contributed by atoms with Crippen LogP contribution in [0.3, 0.4) is 0 Å². The Morgan fingerprint density at radius 1 is 1.50 bits per heavy atom. The van der Waals surface area contributed by atoms with Crippen molar-refractivity contribution in [3.63, 3.8) is 0 Å². The molecule has 0 nitrogen and oxygen atoms in total. The fourth-order valence-corrected chi connectivity index (χ4v) is 0.167. The van der Waals surface area contributed by atoms with Gasteiger partial charge in [0.05, 0.1) is 0 Å². The maximum absolute atomic E-state index is 4.78.